The lowest BCUT2D eigenvalue weighted by Gasteiger charge is -2.27. The Labute approximate surface area is 193 Å². The highest BCUT2D eigenvalue weighted by Gasteiger charge is 2.40. The molecule has 3 aliphatic heterocycles. The Bertz CT molecular complexity index is 1210. The Balaban J connectivity index is 1.40. The second-order valence-electron chi connectivity index (χ2n) is 7.57. The second-order valence-corrected chi connectivity index (χ2v) is 8.55. The molecule has 33 heavy (non-hydrogen) atoms. The fourth-order valence-electron chi connectivity index (χ4n) is 3.88. The van der Waals surface area contributed by atoms with E-state index in [0.29, 0.717) is 48.4 Å². The van der Waals surface area contributed by atoms with Gasteiger partial charge in [-0.15, -0.1) is 0 Å². The highest BCUT2D eigenvalue weighted by molar-refractivity contribution is 8.18. The number of rotatable bonds is 3. The smallest absolute Gasteiger partial charge is 0.287 e. The zero-order valence-electron chi connectivity index (χ0n) is 17.4. The van der Waals surface area contributed by atoms with Crippen LogP contribution in [-0.4, -0.2) is 60.6 Å². The molecule has 168 valence electrons. The minimum atomic E-state index is -0.461. The Hall–Kier alpha value is -3.50. The first-order valence-corrected chi connectivity index (χ1v) is 11.2. The van der Waals surface area contributed by atoms with Gasteiger partial charge < -0.3 is 15.0 Å². The summed E-state index contributed by atoms with van der Waals surface area (Å²) in [5.41, 5.74) is 1.81. The number of amidine groups is 1. The summed E-state index contributed by atoms with van der Waals surface area (Å²) in [5, 5.41) is 3.22. The lowest BCUT2D eigenvalue weighted by Crippen LogP contribution is -2.38. The summed E-state index contributed by atoms with van der Waals surface area (Å²) in [6.07, 6.45) is 0. The number of carbonyl (C=O) groups excluding carboxylic acids is 3. The third-order valence-electron chi connectivity index (χ3n) is 5.45. The van der Waals surface area contributed by atoms with Crippen LogP contribution in [0.2, 0.25) is 0 Å². The van der Waals surface area contributed by atoms with Crippen LogP contribution < -0.4 is 10.2 Å². The molecule has 1 saturated heterocycles. The molecule has 5 rings (SSSR count). The van der Waals surface area contributed by atoms with Gasteiger partial charge in [-0.1, -0.05) is 18.2 Å². The number of anilines is 2. The van der Waals surface area contributed by atoms with Crippen LogP contribution >= 0.6 is 11.8 Å². The van der Waals surface area contributed by atoms with Gasteiger partial charge >= 0.3 is 0 Å². The maximum atomic E-state index is 13.4. The number of halogens is 1. The maximum Gasteiger partial charge on any atom is 0.287 e. The fourth-order valence-corrected chi connectivity index (χ4v) is 4.93. The number of hydrogen-bond acceptors (Lipinski definition) is 6. The molecule has 0 aromatic heterocycles. The molecule has 0 bridgehead atoms. The van der Waals surface area contributed by atoms with Crippen molar-refractivity contribution in [1.82, 2.24) is 4.90 Å². The van der Waals surface area contributed by atoms with Crippen molar-refractivity contribution in [3.8, 4) is 0 Å². The number of para-hydroxylation sites is 1. The van der Waals surface area contributed by atoms with Gasteiger partial charge in [-0.25, -0.2) is 4.39 Å². The first-order valence-electron chi connectivity index (χ1n) is 10.4. The molecule has 2 aromatic carbocycles. The van der Waals surface area contributed by atoms with E-state index < -0.39 is 23.5 Å². The van der Waals surface area contributed by atoms with Crippen molar-refractivity contribution in [2.45, 2.75) is 0 Å². The number of carbonyl (C=O) groups is 3. The van der Waals surface area contributed by atoms with Crippen molar-refractivity contribution >= 4 is 51.6 Å². The van der Waals surface area contributed by atoms with E-state index in [2.05, 4.69) is 10.3 Å². The van der Waals surface area contributed by atoms with E-state index in [1.807, 2.05) is 4.90 Å². The van der Waals surface area contributed by atoms with Gasteiger partial charge in [0.05, 0.1) is 29.4 Å². The van der Waals surface area contributed by atoms with Crippen LogP contribution in [-0.2, 0) is 19.1 Å². The number of morpholine rings is 1. The number of ether oxygens (including phenoxy) is 1. The van der Waals surface area contributed by atoms with E-state index in [9.17, 15) is 18.8 Å². The second kappa shape index (κ2) is 8.80. The normalized spacial score (nSPS) is 20.2. The Morgan fingerprint density at radius 2 is 1.82 bits per heavy atom. The maximum absolute atomic E-state index is 13.4. The average molecular weight is 466 g/mol. The van der Waals surface area contributed by atoms with Crippen molar-refractivity contribution in [2.75, 3.05) is 43.1 Å². The van der Waals surface area contributed by atoms with Gasteiger partial charge in [0.1, 0.15) is 12.4 Å². The summed E-state index contributed by atoms with van der Waals surface area (Å²) in [7, 11) is 0. The Morgan fingerprint density at radius 1 is 1.09 bits per heavy atom. The first-order chi connectivity index (χ1) is 16.0. The third kappa shape index (κ3) is 4.14. The number of aliphatic imine (C=N–C) groups is 1. The summed E-state index contributed by atoms with van der Waals surface area (Å²) in [6, 6.07) is 12.4. The zero-order chi connectivity index (χ0) is 22.9. The van der Waals surface area contributed by atoms with Crippen LogP contribution in [0.15, 0.2) is 58.4 Å². The van der Waals surface area contributed by atoms with Gasteiger partial charge in [0, 0.05) is 24.3 Å². The molecular weight excluding hydrogens is 447 g/mol. The monoisotopic (exact) mass is 466 g/mol. The van der Waals surface area contributed by atoms with Crippen molar-refractivity contribution in [2.24, 2.45) is 4.99 Å². The van der Waals surface area contributed by atoms with E-state index in [1.54, 1.807) is 24.3 Å². The van der Waals surface area contributed by atoms with Crippen molar-refractivity contribution < 1.29 is 23.5 Å². The number of fused-ring (bicyclic) bond motifs is 1. The zero-order valence-corrected chi connectivity index (χ0v) is 18.2. The SMILES string of the molecule is O=C(CN1C(=O)/C(=C2/SC(N3CCOCC3)=NC2=O)c2ccccc21)Nc1ccc(F)cc1. The van der Waals surface area contributed by atoms with E-state index in [-0.39, 0.29) is 17.0 Å². The molecule has 3 heterocycles. The fraction of sp³-hybridized carbons (Fsp3) is 0.217. The first kappa shape index (κ1) is 21.4. The summed E-state index contributed by atoms with van der Waals surface area (Å²) in [6.45, 7) is 2.11. The molecule has 1 fully saturated rings. The average Bonchev–Trinajstić information content (AvgIpc) is 3.33. The van der Waals surface area contributed by atoms with E-state index in [1.165, 1.54) is 40.9 Å². The quantitative estimate of drug-likeness (QED) is 0.699. The van der Waals surface area contributed by atoms with E-state index in [0.717, 1.165) is 0 Å². The van der Waals surface area contributed by atoms with E-state index in [4.69, 9.17) is 4.74 Å². The summed E-state index contributed by atoms with van der Waals surface area (Å²) in [4.78, 5) is 46.5. The minimum absolute atomic E-state index is 0.250. The van der Waals surface area contributed by atoms with Crippen LogP contribution in [0.5, 0.6) is 0 Å². The standard InChI is InChI=1S/C23H19FN4O4S/c24-14-5-7-15(8-6-14)25-18(29)13-28-17-4-2-1-3-16(17)19(22(28)31)20-21(30)26-23(33-20)27-9-11-32-12-10-27/h1-8H,9-13H2,(H,25,29)/b20-19+. The van der Waals surface area contributed by atoms with Gasteiger partial charge in [-0.05, 0) is 42.1 Å². The van der Waals surface area contributed by atoms with Gasteiger partial charge in [0.2, 0.25) is 5.91 Å². The molecular formula is C23H19FN4O4S. The van der Waals surface area contributed by atoms with Crippen molar-refractivity contribution in [3.63, 3.8) is 0 Å². The number of hydrogen-bond donors (Lipinski definition) is 1. The molecule has 0 saturated carbocycles. The molecule has 2 aromatic rings. The molecule has 0 spiro atoms. The predicted molar refractivity (Wildman–Crippen MR) is 123 cm³/mol. The highest BCUT2D eigenvalue weighted by atomic mass is 32.2. The van der Waals surface area contributed by atoms with Crippen LogP contribution in [0.25, 0.3) is 5.57 Å². The number of thioether (sulfide) groups is 1. The van der Waals surface area contributed by atoms with Crippen LogP contribution in [0, 0.1) is 5.82 Å². The molecule has 3 amide bonds. The highest BCUT2D eigenvalue weighted by Crippen LogP contribution is 2.43. The Morgan fingerprint density at radius 3 is 2.58 bits per heavy atom. The van der Waals surface area contributed by atoms with Gasteiger partial charge in [-0.2, -0.15) is 4.99 Å². The molecule has 0 atom stereocenters. The van der Waals surface area contributed by atoms with E-state index >= 15 is 0 Å². The number of amides is 3. The van der Waals surface area contributed by atoms with Gasteiger partial charge in [0.25, 0.3) is 11.8 Å². The summed E-state index contributed by atoms with van der Waals surface area (Å²) in [5.74, 6) is -1.74. The largest absolute Gasteiger partial charge is 0.378 e. The van der Waals surface area contributed by atoms with Crippen LogP contribution in [0.4, 0.5) is 15.8 Å². The third-order valence-corrected chi connectivity index (χ3v) is 6.56. The summed E-state index contributed by atoms with van der Waals surface area (Å²) < 4.78 is 18.5. The van der Waals surface area contributed by atoms with Crippen molar-refractivity contribution in [1.29, 1.82) is 0 Å². The molecule has 3 aliphatic rings. The lowest BCUT2D eigenvalue weighted by molar-refractivity contribution is -0.118. The number of benzene rings is 2. The predicted octanol–water partition coefficient (Wildman–Crippen LogP) is 2.48. The summed E-state index contributed by atoms with van der Waals surface area (Å²) >= 11 is 1.18. The van der Waals surface area contributed by atoms with Crippen LogP contribution in [0.1, 0.15) is 5.56 Å². The van der Waals surface area contributed by atoms with Gasteiger partial charge in [-0.3, -0.25) is 19.3 Å². The molecule has 1 N–H and O–H groups in total. The minimum Gasteiger partial charge on any atom is -0.378 e. The van der Waals surface area contributed by atoms with Gasteiger partial charge in [0.15, 0.2) is 5.17 Å². The number of nitrogens with one attached hydrogen (secondary N) is 1. The lowest BCUT2D eigenvalue weighted by atomic mass is 10.1. The Kier molecular flexibility index (Phi) is 5.69. The molecule has 0 radical (unpaired) electrons. The molecule has 0 aliphatic carbocycles. The topological polar surface area (TPSA) is 91.3 Å². The molecule has 10 heteroatoms. The van der Waals surface area contributed by atoms with Crippen molar-refractivity contribution in [3.05, 3.63) is 64.8 Å². The molecule has 0 unspecified atom stereocenters. The molecule has 8 nitrogen and oxygen atoms in total. The van der Waals surface area contributed by atoms with Crippen LogP contribution in [0.3, 0.4) is 0 Å². The number of nitrogens with zero attached hydrogens (tertiary/aromatic N) is 3.